The maximum absolute atomic E-state index is 13.3. The number of benzene rings is 2. The van der Waals surface area contributed by atoms with Crippen LogP contribution in [0.5, 0.6) is 0 Å². The Bertz CT molecular complexity index is 1400. The average molecular weight is 455 g/mol. The van der Waals surface area contributed by atoms with Crippen molar-refractivity contribution in [3.05, 3.63) is 88.0 Å². The molecule has 0 amide bonds. The molecular weight excluding hydrogens is 433 g/mol. The molecule has 0 saturated carbocycles. The Morgan fingerprint density at radius 3 is 2.62 bits per heavy atom. The van der Waals surface area contributed by atoms with Crippen molar-refractivity contribution in [1.82, 2.24) is 4.98 Å². The van der Waals surface area contributed by atoms with Crippen LogP contribution in [-0.4, -0.2) is 23.3 Å². The molecule has 0 aliphatic heterocycles. The smallest absolute Gasteiger partial charge is 0.339 e. The number of fused-ring (bicyclic) bond motifs is 2. The van der Waals surface area contributed by atoms with E-state index in [2.05, 4.69) is 0 Å². The van der Waals surface area contributed by atoms with Gasteiger partial charge in [-0.3, -0.25) is 4.79 Å². The summed E-state index contributed by atoms with van der Waals surface area (Å²) >= 11 is 0. The lowest BCUT2D eigenvalue weighted by Crippen LogP contribution is -2.20. The van der Waals surface area contributed by atoms with Gasteiger partial charge in [-0.15, -0.1) is 0 Å². The predicted molar refractivity (Wildman–Crippen MR) is 127 cm³/mol. The summed E-state index contributed by atoms with van der Waals surface area (Å²) in [5, 5.41) is 9.76. The molecule has 0 atom stereocenters. The molecule has 0 bridgehead atoms. The molecule has 1 aliphatic rings. The molecule has 0 unspecified atom stereocenters. The minimum atomic E-state index is -0.654. The highest BCUT2D eigenvalue weighted by Crippen LogP contribution is 2.36. The van der Waals surface area contributed by atoms with Gasteiger partial charge in [-0.05, 0) is 67.2 Å². The number of para-hydroxylation sites is 1. The number of nitriles is 1. The first-order valence-electron chi connectivity index (χ1n) is 10.8. The summed E-state index contributed by atoms with van der Waals surface area (Å²) in [4.78, 5) is 30.4. The minimum Gasteiger partial charge on any atom is -0.454 e. The molecule has 1 aromatic heterocycles. The van der Waals surface area contributed by atoms with E-state index in [1.165, 1.54) is 19.1 Å². The Morgan fingerprint density at radius 1 is 1.18 bits per heavy atom. The van der Waals surface area contributed by atoms with Crippen molar-refractivity contribution < 1.29 is 18.7 Å². The average Bonchev–Trinajstić information content (AvgIpc) is 2.83. The Labute approximate surface area is 196 Å². The van der Waals surface area contributed by atoms with Crippen molar-refractivity contribution in [2.24, 2.45) is 5.73 Å². The van der Waals surface area contributed by atoms with Crippen LogP contribution in [0.4, 0.5) is 4.39 Å². The third-order valence-corrected chi connectivity index (χ3v) is 5.70. The molecule has 0 spiro atoms. The first-order valence-corrected chi connectivity index (χ1v) is 10.8. The summed E-state index contributed by atoms with van der Waals surface area (Å²) in [6, 6.07) is 15.2. The summed E-state index contributed by atoms with van der Waals surface area (Å²) < 4.78 is 18.7. The highest BCUT2D eigenvalue weighted by atomic mass is 19.1. The van der Waals surface area contributed by atoms with E-state index in [1.54, 1.807) is 24.3 Å². The van der Waals surface area contributed by atoms with E-state index in [0.717, 1.165) is 29.5 Å². The number of carbonyl (C=O) groups excluding carboxylic acids is 2. The van der Waals surface area contributed by atoms with Gasteiger partial charge in [0.15, 0.2) is 6.61 Å². The lowest BCUT2D eigenvalue weighted by Gasteiger charge is -2.22. The molecule has 0 saturated heterocycles. The molecule has 2 N–H and O–H groups in total. The molecule has 1 heterocycles. The lowest BCUT2D eigenvalue weighted by molar-refractivity contribution is -0.118. The second kappa shape index (κ2) is 9.67. The fourth-order valence-electron chi connectivity index (χ4n) is 4.11. The van der Waals surface area contributed by atoms with Crippen LogP contribution in [0.25, 0.3) is 22.6 Å². The summed E-state index contributed by atoms with van der Waals surface area (Å²) in [7, 11) is 0. The number of allylic oxidation sites excluding steroid dienone is 2. The van der Waals surface area contributed by atoms with Gasteiger partial charge in [-0.1, -0.05) is 30.3 Å². The number of ether oxygens (including phenoxy) is 1. The Hall–Kier alpha value is -4.31. The van der Waals surface area contributed by atoms with Gasteiger partial charge < -0.3 is 10.5 Å². The largest absolute Gasteiger partial charge is 0.454 e. The molecular formula is C27H22FN3O3. The number of hydrogen-bond acceptors (Lipinski definition) is 6. The van der Waals surface area contributed by atoms with Crippen LogP contribution >= 0.6 is 0 Å². The number of carbonyl (C=O) groups is 2. The van der Waals surface area contributed by atoms with E-state index in [9.17, 15) is 14.0 Å². The van der Waals surface area contributed by atoms with E-state index in [4.69, 9.17) is 20.7 Å². The number of halogens is 1. The van der Waals surface area contributed by atoms with Gasteiger partial charge in [0.2, 0.25) is 5.78 Å². The standard InChI is InChI=1S/C27H22FN3O3/c1-16(30)22(14-29)24(32)15-34-27(33)25-20-6-2-3-8-23(20)31-26-18(5-4-7-21(25)26)13-17-9-11-19(28)12-10-17/h2-3,6,8-13H,4-5,7,15,30H2,1H3/b18-13+,22-16+. The number of nitrogens with two attached hydrogens (primary N) is 1. The van der Waals surface area contributed by atoms with Crippen molar-refractivity contribution in [2.75, 3.05) is 6.61 Å². The number of Topliss-reactive ketones (excluding diaryl/α,β-unsaturated/α-hetero) is 1. The monoisotopic (exact) mass is 455 g/mol. The first-order chi connectivity index (χ1) is 16.4. The van der Waals surface area contributed by atoms with Gasteiger partial charge in [-0.2, -0.15) is 5.26 Å². The maximum Gasteiger partial charge on any atom is 0.339 e. The Kier molecular flexibility index (Phi) is 6.51. The number of ketones is 1. The van der Waals surface area contributed by atoms with E-state index in [1.807, 2.05) is 24.3 Å². The van der Waals surface area contributed by atoms with Crippen molar-refractivity contribution in [3.63, 3.8) is 0 Å². The summed E-state index contributed by atoms with van der Waals surface area (Å²) in [6.07, 6.45) is 4.13. The van der Waals surface area contributed by atoms with Gasteiger partial charge in [-0.25, -0.2) is 14.2 Å². The molecule has 7 heteroatoms. The van der Waals surface area contributed by atoms with Crippen LogP contribution in [0.2, 0.25) is 0 Å². The normalized spacial score (nSPS) is 14.8. The lowest BCUT2D eigenvalue weighted by atomic mass is 9.86. The van der Waals surface area contributed by atoms with Gasteiger partial charge in [0.1, 0.15) is 17.5 Å². The van der Waals surface area contributed by atoms with Crippen molar-refractivity contribution in [2.45, 2.75) is 26.2 Å². The van der Waals surface area contributed by atoms with E-state index in [0.29, 0.717) is 28.6 Å². The third kappa shape index (κ3) is 4.57. The number of rotatable bonds is 5. The summed E-state index contributed by atoms with van der Waals surface area (Å²) in [5.74, 6) is -1.62. The highest BCUT2D eigenvalue weighted by Gasteiger charge is 2.26. The second-order valence-corrected chi connectivity index (χ2v) is 8.07. The van der Waals surface area contributed by atoms with Gasteiger partial charge in [0, 0.05) is 11.1 Å². The van der Waals surface area contributed by atoms with Crippen LogP contribution in [0.1, 0.15) is 46.9 Å². The van der Waals surface area contributed by atoms with Gasteiger partial charge in [0.05, 0.1) is 16.8 Å². The molecule has 2 aromatic carbocycles. The van der Waals surface area contributed by atoms with Crippen molar-refractivity contribution in [1.29, 1.82) is 5.26 Å². The Morgan fingerprint density at radius 2 is 1.91 bits per heavy atom. The number of esters is 1. The zero-order chi connectivity index (χ0) is 24.2. The highest BCUT2D eigenvalue weighted by molar-refractivity contribution is 6.08. The molecule has 6 nitrogen and oxygen atoms in total. The topological polar surface area (TPSA) is 106 Å². The van der Waals surface area contributed by atoms with E-state index >= 15 is 0 Å². The van der Waals surface area contributed by atoms with Crippen molar-refractivity contribution >= 4 is 34.3 Å². The van der Waals surface area contributed by atoms with Crippen LogP contribution < -0.4 is 5.73 Å². The zero-order valence-corrected chi connectivity index (χ0v) is 18.6. The number of pyridine rings is 1. The second-order valence-electron chi connectivity index (χ2n) is 8.07. The molecule has 0 radical (unpaired) electrons. The number of aromatic nitrogens is 1. The van der Waals surface area contributed by atoms with Crippen molar-refractivity contribution in [3.8, 4) is 6.07 Å². The quantitative estimate of drug-likeness (QED) is 0.339. The van der Waals surface area contributed by atoms with Crippen LogP contribution in [-0.2, 0) is 16.0 Å². The van der Waals surface area contributed by atoms with Gasteiger partial charge >= 0.3 is 5.97 Å². The van der Waals surface area contributed by atoms with Gasteiger partial charge in [0.25, 0.3) is 0 Å². The SMILES string of the molecule is C/C(N)=C(/C#N)C(=O)COC(=O)c1c2c(nc3ccccc13)/C(=C/c1ccc(F)cc1)CCC2. The number of hydrogen-bond donors (Lipinski definition) is 1. The molecule has 0 fully saturated rings. The summed E-state index contributed by atoms with van der Waals surface area (Å²) in [5.41, 5.74) is 9.65. The van der Waals surface area contributed by atoms with E-state index in [-0.39, 0.29) is 17.1 Å². The molecule has 4 rings (SSSR count). The zero-order valence-electron chi connectivity index (χ0n) is 18.6. The minimum absolute atomic E-state index is 0.0749. The van der Waals surface area contributed by atoms with Crippen LogP contribution in [0, 0.1) is 17.1 Å². The number of nitrogens with zero attached hydrogens (tertiary/aromatic N) is 2. The fraction of sp³-hybridized carbons (Fsp3) is 0.185. The Balaban J connectivity index is 1.76. The van der Waals surface area contributed by atoms with E-state index < -0.39 is 18.4 Å². The van der Waals surface area contributed by atoms with Crippen LogP contribution in [0.3, 0.4) is 0 Å². The first kappa shape index (κ1) is 22.9. The van der Waals surface area contributed by atoms with Crippen LogP contribution in [0.15, 0.2) is 59.8 Å². The predicted octanol–water partition coefficient (Wildman–Crippen LogP) is 4.73. The maximum atomic E-state index is 13.3. The molecule has 34 heavy (non-hydrogen) atoms. The molecule has 3 aromatic rings. The fourth-order valence-corrected chi connectivity index (χ4v) is 4.11. The summed E-state index contributed by atoms with van der Waals surface area (Å²) in [6.45, 7) is 0.861. The third-order valence-electron chi connectivity index (χ3n) is 5.70. The molecule has 1 aliphatic carbocycles. The molecule has 170 valence electrons.